The lowest BCUT2D eigenvalue weighted by atomic mass is 10.1. The van der Waals surface area contributed by atoms with Crippen LogP contribution in [0.4, 0.5) is 5.82 Å². The van der Waals surface area contributed by atoms with E-state index in [-0.39, 0.29) is 18.4 Å². The number of methoxy groups -OCH3 is 1. The average Bonchev–Trinajstić information content (AvgIpc) is 3.34. The summed E-state index contributed by atoms with van der Waals surface area (Å²) in [6.45, 7) is 2.41. The van der Waals surface area contributed by atoms with Crippen LogP contribution in [0.5, 0.6) is 5.75 Å². The normalized spacial score (nSPS) is 10.7. The topological polar surface area (TPSA) is 76.5 Å². The quantitative estimate of drug-likeness (QED) is 0.277. The summed E-state index contributed by atoms with van der Waals surface area (Å²) in [4.78, 5) is 28.0. The van der Waals surface area contributed by atoms with E-state index in [0.717, 1.165) is 18.4 Å². The molecule has 0 aliphatic rings. The van der Waals surface area contributed by atoms with Gasteiger partial charge in [-0.2, -0.15) is 5.10 Å². The van der Waals surface area contributed by atoms with Gasteiger partial charge in [-0.05, 0) is 42.8 Å². The molecule has 37 heavy (non-hydrogen) atoms. The molecule has 0 atom stereocenters. The van der Waals surface area contributed by atoms with Crippen LogP contribution in [0.2, 0.25) is 5.02 Å². The summed E-state index contributed by atoms with van der Waals surface area (Å²) in [6.07, 6.45) is 1.68. The summed E-state index contributed by atoms with van der Waals surface area (Å²) < 4.78 is 6.80. The molecule has 3 aromatic carbocycles. The number of nitrogens with one attached hydrogen (secondary N) is 1. The lowest BCUT2D eigenvalue weighted by Crippen LogP contribution is -2.39. The Kier molecular flexibility index (Phi) is 8.59. The van der Waals surface area contributed by atoms with Gasteiger partial charge in [-0.1, -0.05) is 67.4 Å². The number of aromatic nitrogens is 2. The zero-order valence-electron chi connectivity index (χ0n) is 20.9. The molecule has 0 saturated carbocycles. The molecule has 0 aliphatic heterocycles. The Labute approximate surface area is 221 Å². The first-order valence-corrected chi connectivity index (χ1v) is 12.5. The van der Waals surface area contributed by atoms with Gasteiger partial charge >= 0.3 is 0 Å². The third-order valence-electron chi connectivity index (χ3n) is 5.87. The highest BCUT2D eigenvalue weighted by atomic mass is 35.5. The molecule has 0 unspecified atom stereocenters. The van der Waals surface area contributed by atoms with Crippen LogP contribution in [0, 0.1) is 0 Å². The first-order chi connectivity index (χ1) is 18.0. The highest BCUT2D eigenvalue weighted by molar-refractivity contribution is 6.32. The molecule has 0 radical (unpaired) electrons. The van der Waals surface area contributed by atoms with Crippen molar-refractivity contribution in [2.45, 2.75) is 19.8 Å². The van der Waals surface area contributed by atoms with Crippen LogP contribution < -0.4 is 10.1 Å². The fourth-order valence-corrected chi connectivity index (χ4v) is 4.12. The Morgan fingerprint density at radius 1 is 1.00 bits per heavy atom. The van der Waals surface area contributed by atoms with Gasteiger partial charge in [0.05, 0.1) is 23.5 Å². The smallest absolute Gasteiger partial charge is 0.254 e. The van der Waals surface area contributed by atoms with Crippen molar-refractivity contribution in [3.8, 4) is 22.7 Å². The maximum atomic E-state index is 13.2. The van der Waals surface area contributed by atoms with Gasteiger partial charge in [0.15, 0.2) is 0 Å². The second-order valence-electron chi connectivity index (χ2n) is 8.50. The standard InChI is InChI=1S/C29H29ClN4O3/c1-3-4-18-33(29(36)22-14-16-23(37-2)17-15-22)20-28(35)31-27-19-25(21-10-6-5-7-11-21)32-34(27)26-13-9-8-12-24(26)30/h5-17,19H,3-4,18,20H2,1-2H3,(H,31,35). The molecule has 1 heterocycles. The lowest BCUT2D eigenvalue weighted by molar-refractivity contribution is -0.117. The number of carbonyl (C=O) groups excluding carboxylic acids is 2. The number of carbonyl (C=O) groups is 2. The molecule has 4 rings (SSSR count). The summed E-state index contributed by atoms with van der Waals surface area (Å²) in [6, 6.07) is 25.7. The third-order valence-corrected chi connectivity index (χ3v) is 6.19. The number of benzene rings is 3. The van der Waals surface area contributed by atoms with E-state index in [9.17, 15) is 9.59 Å². The summed E-state index contributed by atoms with van der Waals surface area (Å²) in [7, 11) is 1.57. The minimum absolute atomic E-state index is 0.0980. The van der Waals surface area contributed by atoms with Crippen molar-refractivity contribution in [3.63, 3.8) is 0 Å². The zero-order valence-corrected chi connectivity index (χ0v) is 21.6. The molecule has 8 heteroatoms. The van der Waals surface area contributed by atoms with E-state index in [2.05, 4.69) is 5.32 Å². The maximum Gasteiger partial charge on any atom is 0.254 e. The predicted molar refractivity (Wildman–Crippen MR) is 146 cm³/mol. The van der Waals surface area contributed by atoms with Crippen molar-refractivity contribution in [1.82, 2.24) is 14.7 Å². The fourth-order valence-electron chi connectivity index (χ4n) is 3.90. The van der Waals surface area contributed by atoms with Gasteiger partial charge in [0, 0.05) is 23.7 Å². The van der Waals surface area contributed by atoms with Gasteiger partial charge < -0.3 is 15.0 Å². The second kappa shape index (κ2) is 12.2. The lowest BCUT2D eigenvalue weighted by Gasteiger charge is -2.22. The van der Waals surface area contributed by atoms with E-state index < -0.39 is 0 Å². The molecule has 0 fully saturated rings. The predicted octanol–water partition coefficient (Wildman–Crippen LogP) is 6.08. The molecule has 7 nitrogen and oxygen atoms in total. The van der Waals surface area contributed by atoms with E-state index in [1.807, 2.05) is 55.5 Å². The largest absolute Gasteiger partial charge is 0.497 e. The number of rotatable bonds is 10. The SMILES string of the molecule is CCCCN(CC(=O)Nc1cc(-c2ccccc2)nn1-c1ccccc1Cl)C(=O)c1ccc(OC)cc1. The van der Waals surface area contributed by atoms with Crippen molar-refractivity contribution >= 4 is 29.2 Å². The molecule has 190 valence electrons. The summed E-state index contributed by atoms with van der Waals surface area (Å²) in [5.41, 5.74) is 2.73. The van der Waals surface area contributed by atoms with E-state index in [1.54, 1.807) is 53.1 Å². The Balaban J connectivity index is 1.59. The van der Waals surface area contributed by atoms with Crippen LogP contribution in [0.25, 0.3) is 16.9 Å². The first kappa shape index (κ1) is 26.0. The van der Waals surface area contributed by atoms with E-state index in [1.165, 1.54) is 0 Å². The van der Waals surface area contributed by atoms with Crippen LogP contribution in [0.3, 0.4) is 0 Å². The minimum atomic E-state index is -0.328. The number of para-hydroxylation sites is 1. The number of amides is 2. The van der Waals surface area contributed by atoms with Crippen molar-refractivity contribution in [1.29, 1.82) is 0 Å². The molecule has 2 amide bonds. The molecule has 1 N–H and O–H groups in total. The summed E-state index contributed by atoms with van der Waals surface area (Å²) in [5, 5.41) is 8.16. The number of nitrogens with zero attached hydrogens (tertiary/aromatic N) is 3. The maximum absolute atomic E-state index is 13.2. The van der Waals surface area contributed by atoms with Crippen molar-refractivity contribution in [3.05, 3.63) is 95.5 Å². The molecular formula is C29H29ClN4O3. The van der Waals surface area contributed by atoms with Gasteiger partial charge in [-0.3, -0.25) is 9.59 Å². The van der Waals surface area contributed by atoms with Gasteiger partial charge in [-0.25, -0.2) is 4.68 Å². The van der Waals surface area contributed by atoms with Gasteiger partial charge in [0.2, 0.25) is 5.91 Å². The number of halogens is 1. The summed E-state index contributed by atoms with van der Waals surface area (Å²) in [5.74, 6) is 0.586. The molecule has 4 aromatic rings. The van der Waals surface area contributed by atoms with Crippen LogP contribution in [0.15, 0.2) is 84.9 Å². The number of hydrogen-bond acceptors (Lipinski definition) is 4. The highest BCUT2D eigenvalue weighted by Gasteiger charge is 2.21. The zero-order chi connectivity index (χ0) is 26.2. The van der Waals surface area contributed by atoms with Crippen LogP contribution in [-0.2, 0) is 4.79 Å². The molecular weight excluding hydrogens is 488 g/mol. The Morgan fingerprint density at radius 2 is 1.70 bits per heavy atom. The van der Waals surface area contributed by atoms with Crippen LogP contribution in [-0.4, -0.2) is 46.7 Å². The average molecular weight is 517 g/mol. The van der Waals surface area contributed by atoms with E-state index >= 15 is 0 Å². The Bertz CT molecular complexity index is 1350. The minimum Gasteiger partial charge on any atom is -0.497 e. The monoisotopic (exact) mass is 516 g/mol. The molecule has 0 aliphatic carbocycles. The van der Waals surface area contributed by atoms with E-state index in [4.69, 9.17) is 21.4 Å². The molecule has 0 bridgehead atoms. The van der Waals surface area contributed by atoms with Crippen LogP contribution >= 0.6 is 11.6 Å². The van der Waals surface area contributed by atoms with Gasteiger partial charge in [-0.15, -0.1) is 0 Å². The van der Waals surface area contributed by atoms with Gasteiger partial charge in [0.25, 0.3) is 5.91 Å². The number of hydrogen-bond donors (Lipinski definition) is 1. The Hall–Kier alpha value is -4.10. The first-order valence-electron chi connectivity index (χ1n) is 12.1. The van der Waals surface area contributed by atoms with Crippen LogP contribution in [0.1, 0.15) is 30.1 Å². The number of anilines is 1. The summed E-state index contributed by atoms with van der Waals surface area (Å²) >= 11 is 6.46. The van der Waals surface area contributed by atoms with Gasteiger partial charge in [0.1, 0.15) is 18.1 Å². The third kappa shape index (κ3) is 6.37. The van der Waals surface area contributed by atoms with Crippen molar-refractivity contribution < 1.29 is 14.3 Å². The second-order valence-corrected chi connectivity index (χ2v) is 8.91. The van der Waals surface area contributed by atoms with Crippen molar-refractivity contribution in [2.24, 2.45) is 0 Å². The molecule has 0 spiro atoms. The molecule has 0 saturated heterocycles. The number of unbranched alkanes of at least 4 members (excludes halogenated alkanes) is 1. The van der Waals surface area contributed by atoms with Crippen molar-refractivity contribution in [2.75, 3.05) is 25.5 Å². The molecule has 1 aromatic heterocycles. The Morgan fingerprint density at radius 3 is 2.38 bits per heavy atom. The highest BCUT2D eigenvalue weighted by Crippen LogP contribution is 2.28. The number of ether oxygens (including phenoxy) is 1. The fraction of sp³-hybridized carbons (Fsp3) is 0.207. The van der Waals surface area contributed by atoms with E-state index in [0.29, 0.717) is 40.1 Å².